The number of likely N-dealkylation sites (tertiary alicyclic amines) is 1. The fraction of sp³-hybridized carbons (Fsp3) is 0.941. The van der Waals surface area contributed by atoms with E-state index >= 15 is 0 Å². The average Bonchev–Trinajstić information content (AvgIpc) is 2.97. The fourth-order valence-electron chi connectivity index (χ4n) is 4.65. The molecule has 2 saturated heterocycles. The monoisotopic (exact) mass is 330 g/mol. The molecule has 1 N–H and O–H groups in total. The number of hydrogen-bond donors (Lipinski definition) is 1. The first kappa shape index (κ1) is 18.0. The third-order valence-corrected chi connectivity index (χ3v) is 5.83. The van der Waals surface area contributed by atoms with Crippen molar-refractivity contribution < 1.29 is 9.53 Å². The molecule has 3 fully saturated rings. The number of ether oxygens (including phenoxy) is 1. The van der Waals surface area contributed by atoms with Crippen molar-refractivity contribution in [3.05, 3.63) is 0 Å². The molecule has 2 aliphatic heterocycles. The van der Waals surface area contributed by atoms with Crippen molar-refractivity contribution in [2.24, 2.45) is 17.3 Å². The Kier molecular flexibility index (Phi) is 6.54. The van der Waals surface area contributed by atoms with Crippen LogP contribution in [0.25, 0.3) is 0 Å². The van der Waals surface area contributed by atoms with Crippen LogP contribution in [0.15, 0.2) is 0 Å². The number of amides is 1. The van der Waals surface area contributed by atoms with Crippen molar-refractivity contribution in [1.82, 2.24) is 10.2 Å². The summed E-state index contributed by atoms with van der Waals surface area (Å²) in [5, 5.41) is 3.50. The van der Waals surface area contributed by atoms with Gasteiger partial charge < -0.3 is 15.0 Å². The van der Waals surface area contributed by atoms with Gasteiger partial charge in [-0.25, -0.2) is 0 Å². The van der Waals surface area contributed by atoms with E-state index in [2.05, 4.69) is 10.2 Å². The first-order chi connectivity index (χ1) is 10.3. The summed E-state index contributed by atoms with van der Waals surface area (Å²) in [5.74, 6) is 1.56. The zero-order valence-electron chi connectivity index (χ0n) is 13.8. The van der Waals surface area contributed by atoms with Gasteiger partial charge in [0.25, 0.3) is 0 Å². The number of piperidine rings is 1. The van der Waals surface area contributed by atoms with Crippen molar-refractivity contribution in [1.29, 1.82) is 0 Å². The van der Waals surface area contributed by atoms with Gasteiger partial charge in [0.1, 0.15) is 0 Å². The van der Waals surface area contributed by atoms with Crippen LogP contribution in [0, 0.1) is 17.3 Å². The molecule has 5 heteroatoms. The van der Waals surface area contributed by atoms with E-state index in [1.165, 1.54) is 25.7 Å². The number of carbonyl (C=O) groups excluding carboxylic acids is 1. The molecule has 3 rings (SSSR count). The third kappa shape index (κ3) is 3.44. The molecular weight excluding hydrogens is 300 g/mol. The van der Waals surface area contributed by atoms with Crippen LogP contribution < -0.4 is 5.32 Å². The van der Waals surface area contributed by atoms with Gasteiger partial charge in [0.15, 0.2) is 0 Å². The molecule has 0 radical (unpaired) electrons. The Morgan fingerprint density at radius 1 is 1.32 bits per heavy atom. The zero-order valence-corrected chi connectivity index (χ0v) is 14.6. The average molecular weight is 331 g/mol. The summed E-state index contributed by atoms with van der Waals surface area (Å²) in [7, 11) is 0. The molecule has 1 unspecified atom stereocenters. The second kappa shape index (κ2) is 7.98. The third-order valence-electron chi connectivity index (χ3n) is 5.83. The number of carbonyl (C=O) groups is 1. The maximum Gasteiger partial charge on any atom is 0.230 e. The minimum Gasteiger partial charge on any atom is -0.381 e. The van der Waals surface area contributed by atoms with Crippen LogP contribution in [0.5, 0.6) is 0 Å². The van der Waals surface area contributed by atoms with E-state index < -0.39 is 0 Å². The normalized spacial score (nSPS) is 34.9. The molecule has 0 aromatic heterocycles. The Morgan fingerprint density at radius 3 is 3.00 bits per heavy atom. The Labute approximate surface area is 140 Å². The number of fused-ring (bicyclic) bond motifs is 1. The standard InChI is InChI=1S/C17H30N2O2.ClH/c1-2-21-12-14-6-5-9-19(11-14)16(20)17-8-4-3-7-15(17)10-18-13-17;/h14-15,18H,2-13H2,1H3;1H/t14?,15-,17+;/m0./s1. The van der Waals surface area contributed by atoms with Gasteiger partial charge in [0.05, 0.1) is 12.0 Å². The topological polar surface area (TPSA) is 41.6 Å². The molecule has 4 nitrogen and oxygen atoms in total. The van der Waals surface area contributed by atoms with E-state index in [9.17, 15) is 4.79 Å². The molecule has 1 amide bonds. The van der Waals surface area contributed by atoms with Crippen molar-refractivity contribution in [2.45, 2.75) is 45.4 Å². The molecule has 2 heterocycles. The predicted octanol–water partition coefficient (Wildman–Crippen LogP) is 2.46. The molecule has 3 aliphatic rings. The molecule has 128 valence electrons. The van der Waals surface area contributed by atoms with Crippen molar-refractivity contribution in [3.63, 3.8) is 0 Å². The van der Waals surface area contributed by atoms with Crippen LogP contribution >= 0.6 is 12.4 Å². The number of nitrogens with one attached hydrogen (secondary N) is 1. The van der Waals surface area contributed by atoms with Crippen molar-refractivity contribution in [2.75, 3.05) is 39.4 Å². The summed E-state index contributed by atoms with van der Waals surface area (Å²) < 4.78 is 5.58. The first-order valence-electron chi connectivity index (χ1n) is 8.84. The molecule has 0 spiro atoms. The van der Waals surface area contributed by atoms with Gasteiger partial charge >= 0.3 is 0 Å². The molecule has 0 bridgehead atoms. The van der Waals surface area contributed by atoms with Gasteiger partial charge in [0, 0.05) is 26.2 Å². The number of halogens is 1. The lowest BCUT2D eigenvalue weighted by atomic mass is 9.67. The van der Waals surface area contributed by atoms with Crippen LogP contribution in [-0.4, -0.2) is 50.2 Å². The lowest BCUT2D eigenvalue weighted by Gasteiger charge is -2.43. The zero-order chi connectivity index (χ0) is 14.7. The summed E-state index contributed by atoms with van der Waals surface area (Å²) in [6.45, 7) is 7.45. The lowest BCUT2D eigenvalue weighted by Crippen LogP contribution is -2.52. The lowest BCUT2D eigenvalue weighted by molar-refractivity contribution is -0.147. The highest BCUT2D eigenvalue weighted by atomic mass is 35.5. The minimum atomic E-state index is -0.0776. The van der Waals surface area contributed by atoms with Gasteiger partial charge in [-0.2, -0.15) is 0 Å². The van der Waals surface area contributed by atoms with E-state index in [-0.39, 0.29) is 17.8 Å². The largest absolute Gasteiger partial charge is 0.381 e. The maximum absolute atomic E-state index is 13.2. The highest BCUT2D eigenvalue weighted by Crippen LogP contribution is 2.45. The Bertz CT molecular complexity index is 380. The Hall–Kier alpha value is -0.320. The molecule has 0 aromatic carbocycles. The van der Waals surface area contributed by atoms with Gasteiger partial charge in [0.2, 0.25) is 5.91 Å². The van der Waals surface area contributed by atoms with Crippen molar-refractivity contribution in [3.8, 4) is 0 Å². The number of hydrogen-bond acceptors (Lipinski definition) is 3. The Balaban J connectivity index is 0.00000176. The molecule has 1 aliphatic carbocycles. The van der Waals surface area contributed by atoms with Crippen LogP contribution in [0.2, 0.25) is 0 Å². The highest BCUT2D eigenvalue weighted by Gasteiger charge is 2.51. The molecule has 0 aromatic rings. The van der Waals surface area contributed by atoms with E-state index in [0.29, 0.717) is 17.7 Å². The van der Waals surface area contributed by atoms with Crippen LogP contribution in [0.1, 0.15) is 45.4 Å². The van der Waals surface area contributed by atoms with Gasteiger partial charge in [-0.3, -0.25) is 4.79 Å². The second-order valence-electron chi connectivity index (χ2n) is 7.15. The van der Waals surface area contributed by atoms with Gasteiger partial charge in [-0.1, -0.05) is 12.8 Å². The molecular formula is C17H31ClN2O2. The maximum atomic E-state index is 13.2. The van der Waals surface area contributed by atoms with E-state index in [4.69, 9.17) is 4.74 Å². The molecule has 22 heavy (non-hydrogen) atoms. The first-order valence-corrected chi connectivity index (χ1v) is 8.84. The SMILES string of the molecule is CCOCC1CCCN(C(=O)[C@@]23CCCC[C@H]2CNC3)C1.Cl. The van der Waals surface area contributed by atoms with Gasteiger partial charge in [-0.05, 0) is 51.0 Å². The number of nitrogens with zero attached hydrogens (tertiary/aromatic N) is 1. The van der Waals surface area contributed by atoms with E-state index in [1.807, 2.05) is 6.92 Å². The Morgan fingerprint density at radius 2 is 2.18 bits per heavy atom. The summed E-state index contributed by atoms with van der Waals surface area (Å²) in [4.78, 5) is 15.4. The fourth-order valence-corrected chi connectivity index (χ4v) is 4.65. The summed E-state index contributed by atoms with van der Waals surface area (Å²) >= 11 is 0. The van der Waals surface area contributed by atoms with Crippen molar-refractivity contribution >= 4 is 18.3 Å². The summed E-state index contributed by atoms with van der Waals surface area (Å²) in [6.07, 6.45) is 7.19. The molecule has 1 saturated carbocycles. The predicted molar refractivity (Wildman–Crippen MR) is 90.3 cm³/mol. The quantitative estimate of drug-likeness (QED) is 0.861. The van der Waals surface area contributed by atoms with Crippen LogP contribution in [-0.2, 0) is 9.53 Å². The number of rotatable bonds is 4. The van der Waals surface area contributed by atoms with Crippen LogP contribution in [0.3, 0.4) is 0 Å². The minimum absolute atomic E-state index is 0. The van der Waals surface area contributed by atoms with Gasteiger partial charge in [-0.15, -0.1) is 12.4 Å². The smallest absolute Gasteiger partial charge is 0.230 e. The van der Waals surface area contributed by atoms with Crippen LogP contribution in [0.4, 0.5) is 0 Å². The summed E-state index contributed by atoms with van der Waals surface area (Å²) in [6, 6.07) is 0. The van der Waals surface area contributed by atoms with E-state index in [0.717, 1.165) is 52.2 Å². The highest BCUT2D eigenvalue weighted by molar-refractivity contribution is 5.85. The second-order valence-corrected chi connectivity index (χ2v) is 7.15. The molecule has 3 atom stereocenters. The summed E-state index contributed by atoms with van der Waals surface area (Å²) in [5.41, 5.74) is -0.0776. The van der Waals surface area contributed by atoms with E-state index in [1.54, 1.807) is 0 Å².